The maximum atomic E-state index is 13.1. The van der Waals surface area contributed by atoms with Gasteiger partial charge in [-0.25, -0.2) is 9.59 Å². The zero-order valence-corrected chi connectivity index (χ0v) is 19.7. The highest BCUT2D eigenvalue weighted by molar-refractivity contribution is 6.31. The van der Waals surface area contributed by atoms with Crippen LogP contribution >= 0.6 is 11.6 Å². The largest absolute Gasteiger partial charge is 0.466 e. The number of hydrogen-bond acceptors (Lipinski definition) is 8. The normalized spacial score (nSPS) is 16.1. The summed E-state index contributed by atoms with van der Waals surface area (Å²) < 4.78 is 21.1. The number of benzene rings is 1. The van der Waals surface area contributed by atoms with Crippen LogP contribution in [0.25, 0.3) is 0 Å². The molecule has 0 radical (unpaired) electrons. The standard InChI is InChI=1S/C23H31ClN2O6/c1-5-32-23(28)21-18(14-31-13-11-25-10-12-29-3)26-15(2)19(22(27)30-4)20(21)16-8-6-7-9-17(16)24/h6-9,20,25-26H,5,10-14H2,1-4H3. The van der Waals surface area contributed by atoms with Gasteiger partial charge >= 0.3 is 11.9 Å². The summed E-state index contributed by atoms with van der Waals surface area (Å²) in [5.41, 5.74) is 2.27. The van der Waals surface area contributed by atoms with E-state index in [2.05, 4.69) is 10.6 Å². The third kappa shape index (κ3) is 6.56. The van der Waals surface area contributed by atoms with Gasteiger partial charge in [-0.3, -0.25) is 0 Å². The first kappa shape index (κ1) is 25.9. The van der Waals surface area contributed by atoms with E-state index < -0.39 is 17.9 Å². The Hall–Kier alpha value is -2.39. The molecule has 1 atom stereocenters. The fraction of sp³-hybridized carbons (Fsp3) is 0.478. The zero-order valence-electron chi connectivity index (χ0n) is 19.0. The first-order valence-corrected chi connectivity index (χ1v) is 10.8. The number of halogens is 1. The van der Waals surface area contributed by atoms with Crippen LogP contribution in [-0.2, 0) is 28.5 Å². The van der Waals surface area contributed by atoms with E-state index in [0.29, 0.717) is 53.9 Å². The van der Waals surface area contributed by atoms with Crippen LogP contribution in [0.2, 0.25) is 5.02 Å². The molecule has 0 aromatic heterocycles. The second-order valence-corrected chi connectivity index (χ2v) is 7.43. The van der Waals surface area contributed by atoms with Gasteiger partial charge in [-0.15, -0.1) is 0 Å². The molecule has 0 aliphatic carbocycles. The number of allylic oxidation sites excluding steroid dienone is 1. The van der Waals surface area contributed by atoms with Crippen molar-refractivity contribution < 1.29 is 28.5 Å². The molecule has 1 aliphatic rings. The molecule has 1 unspecified atom stereocenters. The number of esters is 2. The molecule has 8 nitrogen and oxygen atoms in total. The van der Waals surface area contributed by atoms with Gasteiger partial charge in [0.2, 0.25) is 0 Å². The number of nitrogens with one attached hydrogen (secondary N) is 2. The molecule has 0 bridgehead atoms. The quantitative estimate of drug-likeness (QED) is 0.358. The van der Waals surface area contributed by atoms with E-state index in [1.165, 1.54) is 7.11 Å². The maximum Gasteiger partial charge on any atom is 0.336 e. The lowest BCUT2D eigenvalue weighted by molar-refractivity contribution is -0.139. The molecule has 0 fully saturated rings. The molecule has 0 saturated carbocycles. The Kier molecular flexibility index (Phi) is 10.7. The van der Waals surface area contributed by atoms with Crippen molar-refractivity contribution in [3.8, 4) is 0 Å². The molecule has 1 aromatic carbocycles. The number of carbonyl (C=O) groups is 2. The highest BCUT2D eigenvalue weighted by Gasteiger charge is 2.39. The lowest BCUT2D eigenvalue weighted by atomic mass is 9.80. The number of carbonyl (C=O) groups excluding carboxylic acids is 2. The number of hydrogen-bond donors (Lipinski definition) is 2. The van der Waals surface area contributed by atoms with E-state index in [0.717, 1.165) is 0 Å². The Morgan fingerprint density at radius 3 is 2.47 bits per heavy atom. The van der Waals surface area contributed by atoms with Crippen molar-refractivity contribution >= 4 is 23.5 Å². The fourth-order valence-electron chi connectivity index (χ4n) is 3.48. The van der Waals surface area contributed by atoms with Crippen molar-refractivity contribution in [1.82, 2.24) is 10.6 Å². The summed E-state index contributed by atoms with van der Waals surface area (Å²) in [5.74, 6) is -1.85. The average molecular weight is 467 g/mol. The Morgan fingerprint density at radius 2 is 1.81 bits per heavy atom. The fourth-order valence-corrected chi connectivity index (χ4v) is 3.72. The third-order valence-corrected chi connectivity index (χ3v) is 5.26. The molecule has 2 N–H and O–H groups in total. The van der Waals surface area contributed by atoms with E-state index >= 15 is 0 Å². The van der Waals surface area contributed by atoms with Gasteiger partial charge in [0.1, 0.15) is 0 Å². The molecule has 1 heterocycles. The van der Waals surface area contributed by atoms with Crippen molar-refractivity contribution in [3.05, 3.63) is 57.4 Å². The Morgan fingerprint density at radius 1 is 1.09 bits per heavy atom. The summed E-state index contributed by atoms with van der Waals surface area (Å²) in [6.45, 7) is 6.18. The Labute approximate surface area is 193 Å². The number of ether oxygens (including phenoxy) is 4. The molecule has 0 saturated heterocycles. The van der Waals surface area contributed by atoms with Crippen LogP contribution in [-0.4, -0.2) is 65.7 Å². The second-order valence-electron chi connectivity index (χ2n) is 7.02. The average Bonchev–Trinajstić information content (AvgIpc) is 2.78. The highest BCUT2D eigenvalue weighted by atomic mass is 35.5. The summed E-state index contributed by atoms with van der Waals surface area (Å²) in [7, 11) is 2.94. The summed E-state index contributed by atoms with van der Waals surface area (Å²) >= 11 is 6.48. The predicted molar refractivity (Wildman–Crippen MR) is 121 cm³/mol. The minimum atomic E-state index is -0.755. The minimum absolute atomic E-state index is 0.132. The highest BCUT2D eigenvalue weighted by Crippen LogP contribution is 2.41. The third-order valence-electron chi connectivity index (χ3n) is 4.91. The Balaban J connectivity index is 2.41. The smallest absolute Gasteiger partial charge is 0.336 e. The van der Waals surface area contributed by atoms with Gasteiger partial charge < -0.3 is 29.6 Å². The number of methoxy groups -OCH3 is 2. The van der Waals surface area contributed by atoms with Gasteiger partial charge in [0, 0.05) is 30.9 Å². The topological polar surface area (TPSA) is 95.1 Å². The molecule has 9 heteroatoms. The van der Waals surface area contributed by atoms with Gasteiger partial charge in [0.05, 0.1) is 56.3 Å². The number of dihydropyridines is 1. The van der Waals surface area contributed by atoms with Crippen LogP contribution in [0.1, 0.15) is 25.3 Å². The molecular formula is C23H31ClN2O6. The SMILES string of the molecule is CCOC(=O)C1=C(COCCNCCOC)NC(C)=C(C(=O)OC)C1c1ccccc1Cl. The summed E-state index contributed by atoms with van der Waals surface area (Å²) in [6.07, 6.45) is 0. The summed E-state index contributed by atoms with van der Waals surface area (Å²) in [5, 5.41) is 6.77. The summed E-state index contributed by atoms with van der Waals surface area (Å²) in [4.78, 5) is 25.8. The monoisotopic (exact) mass is 466 g/mol. The van der Waals surface area contributed by atoms with Crippen LogP contribution in [0.15, 0.2) is 46.8 Å². The van der Waals surface area contributed by atoms with Crippen LogP contribution in [0.4, 0.5) is 0 Å². The molecule has 1 aliphatic heterocycles. The van der Waals surface area contributed by atoms with E-state index in [4.69, 9.17) is 30.5 Å². The van der Waals surface area contributed by atoms with Crippen LogP contribution < -0.4 is 10.6 Å². The van der Waals surface area contributed by atoms with Crippen molar-refractivity contribution in [3.63, 3.8) is 0 Å². The zero-order chi connectivity index (χ0) is 23.5. The molecule has 1 aromatic rings. The van der Waals surface area contributed by atoms with Crippen LogP contribution in [0, 0.1) is 0 Å². The van der Waals surface area contributed by atoms with Gasteiger partial charge in [0.15, 0.2) is 0 Å². The molecule has 176 valence electrons. The molecule has 2 rings (SSSR count). The van der Waals surface area contributed by atoms with E-state index in [1.807, 2.05) is 0 Å². The van der Waals surface area contributed by atoms with E-state index in [9.17, 15) is 9.59 Å². The van der Waals surface area contributed by atoms with Crippen LogP contribution in [0.3, 0.4) is 0 Å². The molecule has 32 heavy (non-hydrogen) atoms. The van der Waals surface area contributed by atoms with E-state index in [-0.39, 0.29) is 18.8 Å². The van der Waals surface area contributed by atoms with Gasteiger partial charge in [-0.2, -0.15) is 0 Å². The van der Waals surface area contributed by atoms with Crippen molar-refractivity contribution in [1.29, 1.82) is 0 Å². The van der Waals surface area contributed by atoms with Gasteiger partial charge in [-0.1, -0.05) is 29.8 Å². The van der Waals surface area contributed by atoms with Crippen molar-refractivity contribution in [2.45, 2.75) is 19.8 Å². The first-order valence-electron chi connectivity index (χ1n) is 10.4. The first-order chi connectivity index (χ1) is 15.5. The van der Waals surface area contributed by atoms with Gasteiger partial charge in [-0.05, 0) is 25.5 Å². The van der Waals surface area contributed by atoms with Gasteiger partial charge in [0.25, 0.3) is 0 Å². The minimum Gasteiger partial charge on any atom is -0.466 e. The lowest BCUT2D eigenvalue weighted by Gasteiger charge is -2.31. The maximum absolute atomic E-state index is 13.1. The summed E-state index contributed by atoms with van der Waals surface area (Å²) in [6, 6.07) is 7.09. The van der Waals surface area contributed by atoms with Crippen LogP contribution in [0.5, 0.6) is 0 Å². The van der Waals surface area contributed by atoms with Crippen molar-refractivity contribution in [2.24, 2.45) is 0 Å². The number of rotatable bonds is 12. The lowest BCUT2D eigenvalue weighted by Crippen LogP contribution is -2.35. The second kappa shape index (κ2) is 13.2. The van der Waals surface area contributed by atoms with Crippen molar-refractivity contribution in [2.75, 3.05) is 53.7 Å². The Bertz CT molecular complexity index is 868. The molecular weight excluding hydrogens is 436 g/mol. The predicted octanol–water partition coefficient (Wildman–Crippen LogP) is 2.54. The molecule has 0 spiro atoms. The molecule has 0 amide bonds. The van der Waals surface area contributed by atoms with E-state index in [1.54, 1.807) is 45.2 Å².